The first-order chi connectivity index (χ1) is 14.7. The Morgan fingerprint density at radius 1 is 0.800 bits per heavy atom. The number of hydrogen-bond acceptors (Lipinski definition) is 2. The summed E-state index contributed by atoms with van der Waals surface area (Å²) in [5.41, 5.74) is 1.33. The highest BCUT2D eigenvalue weighted by Crippen LogP contribution is 2.42. The van der Waals surface area contributed by atoms with Gasteiger partial charge in [0.15, 0.2) is 0 Å². The van der Waals surface area contributed by atoms with Gasteiger partial charge < -0.3 is 4.74 Å². The lowest BCUT2D eigenvalue weighted by atomic mass is 9.68. The predicted octanol–water partition coefficient (Wildman–Crippen LogP) is 8.13. The number of unbranched alkanes of at least 4 members (excludes halogenated alkanes) is 3. The molecule has 2 heteroatoms. The molecule has 1 aromatic carbocycles. The second-order valence-electron chi connectivity index (χ2n) is 10.1. The van der Waals surface area contributed by atoms with E-state index in [1.54, 1.807) is 0 Å². The lowest BCUT2D eigenvalue weighted by Gasteiger charge is -2.37. The van der Waals surface area contributed by atoms with Crippen LogP contribution in [0.25, 0.3) is 0 Å². The average Bonchev–Trinajstić information content (AvgIpc) is 2.79. The SMILES string of the molecule is CCCCCC1CCC(C2CCC(C(=O)Oc3ccc(CCCC)cc3)CC2)CC1. The van der Waals surface area contributed by atoms with Crippen molar-refractivity contribution in [3.63, 3.8) is 0 Å². The van der Waals surface area contributed by atoms with Crippen LogP contribution in [-0.4, -0.2) is 5.97 Å². The largest absolute Gasteiger partial charge is 0.426 e. The molecule has 0 amide bonds. The fraction of sp³-hybridized carbons (Fsp3) is 0.750. The second-order valence-corrected chi connectivity index (χ2v) is 10.1. The van der Waals surface area contributed by atoms with Gasteiger partial charge in [-0.05, 0) is 86.8 Å². The Morgan fingerprint density at radius 2 is 1.40 bits per heavy atom. The lowest BCUT2D eigenvalue weighted by molar-refractivity contribution is -0.140. The smallest absolute Gasteiger partial charge is 0.314 e. The Kier molecular flexibility index (Phi) is 9.75. The van der Waals surface area contributed by atoms with E-state index in [1.165, 1.54) is 82.6 Å². The van der Waals surface area contributed by atoms with Crippen molar-refractivity contribution in [1.82, 2.24) is 0 Å². The summed E-state index contributed by atoms with van der Waals surface area (Å²) in [7, 11) is 0. The van der Waals surface area contributed by atoms with Gasteiger partial charge in [-0.3, -0.25) is 4.79 Å². The lowest BCUT2D eigenvalue weighted by Crippen LogP contribution is -2.30. The zero-order valence-electron chi connectivity index (χ0n) is 19.5. The van der Waals surface area contributed by atoms with Crippen molar-refractivity contribution in [2.45, 2.75) is 110 Å². The highest BCUT2D eigenvalue weighted by molar-refractivity contribution is 5.75. The number of benzene rings is 1. The Labute approximate surface area is 185 Å². The third kappa shape index (κ3) is 7.13. The monoisotopic (exact) mass is 412 g/mol. The van der Waals surface area contributed by atoms with E-state index in [0.717, 1.165) is 37.0 Å². The van der Waals surface area contributed by atoms with Gasteiger partial charge >= 0.3 is 5.97 Å². The minimum absolute atomic E-state index is 0.00519. The van der Waals surface area contributed by atoms with Crippen molar-refractivity contribution in [2.24, 2.45) is 23.7 Å². The molecule has 1 aromatic rings. The molecule has 30 heavy (non-hydrogen) atoms. The van der Waals surface area contributed by atoms with Crippen molar-refractivity contribution >= 4 is 5.97 Å². The van der Waals surface area contributed by atoms with Crippen molar-refractivity contribution in [3.05, 3.63) is 29.8 Å². The van der Waals surface area contributed by atoms with Gasteiger partial charge in [0.25, 0.3) is 0 Å². The number of hydrogen-bond donors (Lipinski definition) is 0. The molecule has 168 valence electrons. The molecule has 0 radical (unpaired) electrons. The summed E-state index contributed by atoms with van der Waals surface area (Å²) >= 11 is 0. The van der Waals surface area contributed by atoms with Crippen LogP contribution >= 0.6 is 0 Å². The molecule has 0 aromatic heterocycles. The minimum Gasteiger partial charge on any atom is -0.426 e. The first-order valence-corrected chi connectivity index (χ1v) is 13.0. The van der Waals surface area contributed by atoms with Crippen molar-refractivity contribution < 1.29 is 9.53 Å². The maximum atomic E-state index is 12.7. The van der Waals surface area contributed by atoms with Crippen molar-refractivity contribution in [3.8, 4) is 5.75 Å². The number of esters is 1. The molecule has 0 saturated heterocycles. The van der Waals surface area contributed by atoms with Gasteiger partial charge in [-0.1, -0.05) is 70.9 Å². The highest BCUT2D eigenvalue weighted by Gasteiger charge is 2.33. The van der Waals surface area contributed by atoms with Crippen LogP contribution < -0.4 is 4.74 Å². The summed E-state index contributed by atoms with van der Waals surface area (Å²) in [6, 6.07) is 8.14. The molecule has 2 fully saturated rings. The molecular formula is C28H44O2. The molecular weight excluding hydrogens is 368 g/mol. The van der Waals surface area contributed by atoms with Crippen LogP contribution in [0.3, 0.4) is 0 Å². The van der Waals surface area contributed by atoms with Crippen LogP contribution in [0.15, 0.2) is 24.3 Å². The Morgan fingerprint density at radius 3 is 2.00 bits per heavy atom. The van der Waals surface area contributed by atoms with Crippen molar-refractivity contribution in [2.75, 3.05) is 0 Å². The van der Waals surface area contributed by atoms with E-state index in [1.807, 2.05) is 12.1 Å². The summed E-state index contributed by atoms with van der Waals surface area (Å²) in [5.74, 6) is 3.57. The van der Waals surface area contributed by atoms with Crippen LogP contribution in [0, 0.1) is 23.7 Å². The first-order valence-electron chi connectivity index (χ1n) is 13.0. The van der Waals surface area contributed by atoms with Gasteiger partial charge in [0.1, 0.15) is 5.75 Å². The maximum absolute atomic E-state index is 12.7. The number of carbonyl (C=O) groups is 1. The molecule has 2 nitrogen and oxygen atoms in total. The molecule has 3 rings (SSSR count). The zero-order chi connectivity index (χ0) is 21.2. The molecule has 0 unspecified atom stereocenters. The summed E-state index contributed by atoms with van der Waals surface area (Å²) < 4.78 is 5.72. The van der Waals surface area contributed by atoms with Crippen LogP contribution in [0.2, 0.25) is 0 Å². The van der Waals surface area contributed by atoms with E-state index in [2.05, 4.69) is 26.0 Å². The summed E-state index contributed by atoms with van der Waals surface area (Å²) in [6.07, 6.45) is 19.4. The van der Waals surface area contributed by atoms with Gasteiger partial charge in [0.2, 0.25) is 0 Å². The number of rotatable bonds is 10. The molecule has 0 aliphatic heterocycles. The standard InChI is InChI=1S/C28H44O2/c1-3-5-7-9-23-10-14-24(15-11-23)25-16-18-26(19-17-25)28(29)30-27-20-12-22(13-21-27)8-6-4-2/h12-13,20-21,23-26H,3-11,14-19H2,1-2H3. The highest BCUT2D eigenvalue weighted by atomic mass is 16.5. The molecule has 2 saturated carbocycles. The predicted molar refractivity (Wildman–Crippen MR) is 126 cm³/mol. The van der Waals surface area contributed by atoms with E-state index >= 15 is 0 Å². The summed E-state index contributed by atoms with van der Waals surface area (Å²) in [4.78, 5) is 12.7. The van der Waals surface area contributed by atoms with E-state index in [-0.39, 0.29) is 11.9 Å². The molecule has 0 N–H and O–H groups in total. The number of carbonyl (C=O) groups excluding carboxylic acids is 1. The topological polar surface area (TPSA) is 26.3 Å². The number of ether oxygens (including phenoxy) is 1. The fourth-order valence-corrected chi connectivity index (χ4v) is 5.76. The van der Waals surface area contributed by atoms with E-state index in [0.29, 0.717) is 5.75 Å². The second kappa shape index (κ2) is 12.5. The first kappa shape index (κ1) is 23.4. The maximum Gasteiger partial charge on any atom is 0.314 e. The summed E-state index contributed by atoms with van der Waals surface area (Å²) in [6.45, 7) is 4.51. The van der Waals surface area contributed by atoms with Crippen LogP contribution in [0.5, 0.6) is 5.75 Å². The average molecular weight is 413 g/mol. The van der Waals surface area contributed by atoms with Crippen LogP contribution in [0.4, 0.5) is 0 Å². The van der Waals surface area contributed by atoms with Crippen LogP contribution in [0.1, 0.15) is 109 Å². The quantitative estimate of drug-likeness (QED) is 0.220. The molecule has 0 atom stereocenters. The number of aryl methyl sites for hydroxylation is 1. The normalized spacial score (nSPS) is 27.0. The third-order valence-electron chi connectivity index (χ3n) is 7.84. The van der Waals surface area contributed by atoms with Gasteiger partial charge in [-0.15, -0.1) is 0 Å². The van der Waals surface area contributed by atoms with Gasteiger partial charge in [-0.2, -0.15) is 0 Å². The van der Waals surface area contributed by atoms with E-state index in [4.69, 9.17) is 4.74 Å². The Bertz CT molecular complexity index is 604. The summed E-state index contributed by atoms with van der Waals surface area (Å²) in [5, 5.41) is 0. The zero-order valence-corrected chi connectivity index (χ0v) is 19.5. The Balaban J connectivity index is 1.36. The van der Waals surface area contributed by atoms with Gasteiger partial charge in [0, 0.05) is 0 Å². The van der Waals surface area contributed by atoms with E-state index < -0.39 is 0 Å². The molecule has 0 bridgehead atoms. The molecule has 2 aliphatic rings. The Hall–Kier alpha value is -1.31. The molecule has 0 heterocycles. The van der Waals surface area contributed by atoms with E-state index in [9.17, 15) is 4.79 Å². The fourth-order valence-electron chi connectivity index (χ4n) is 5.76. The van der Waals surface area contributed by atoms with Crippen LogP contribution in [-0.2, 0) is 11.2 Å². The minimum atomic E-state index is -0.00519. The van der Waals surface area contributed by atoms with Gasteiger partial charge in [-0.25, -0.2) is 0 Å². The third-order valence-corrected chi connectivity index (χ3v) is 7.84. The van der Waals surface area contributed by atoms with Crippen molar-refractivity contribution in [1.29, 1.82) is 0 Å². The molecule has 2 aliphatic carbocycles. The molecule has 0 spiro atoms. The van der Waals surface area contributed by atoms with Gasteiger partial charge in [0.05, 0.1) is 5.92 Å².